The lowest BCUT2D eigenvalue weighted by Crippen LogP contribution is -2.29. The highest BCUT2D eigenvalue weighted by Gasteiger charge is 2.38. The number of benzene rings is 1. The third-order valence-corrected chi connectivity index (χ3v) is 6.08. The molecule has 1 saturated heterocycles. The van der Waals surface area contributed by atoms with E-state index in [0.717, 1.165) is 20.8 Å². The molecule has 2 aliphatic rings. The Kier molecular flexibility index (Phi) is 4.70. The summed E-state index contributed by atoms with van der Waals surface area (Å²) in [5.74, 6) is 0.491. The zero-order valence-corrected chi connectivity index (χ0v) is 14.8. The van der Waals surface area contributed by atoms with Crippen LogP contribution in [0.4, 0.5) is 5.69 Å². The molecule has 0 spiro atoms. The second-order valence-corrected chi connectivity index (χ2v) is 7.15. The fourth-order valence-corrected chi connectivity index (χ4v) is 4.87. The molecule has 0 atom stereocenters. The van der Waals surface area contributed by atoms with E-state index in [1.807, 2.05) is 26.1 Å². The summed E-state index contributed by atoms with van der Waals surface area (Å²) in [6.07, 6.45) is 0. The van der Waals surface area contributed by atoms with Crippen molar-refractivity contribution in [2.45, 2.75) is 11.8 Å². The largest absolute Gasteiger partial charge is 0.337 e. The first kappa shape index (κ1) is 15.8. The summed E-state index contributed by atoms with van der Waals surface area (Å²) in [4.78, 5) is 22.8. The molecule has 22 heavy (non-hydrogen) atoms. The van der Waals surface area contributed by atoms with Crippen LogP contribution >= 0.6 is 35.1 Å². The van der Waals surface area contributed by atoms with Crippen LogP contribution in [0.5, 0.6) is 0 Å². The average Bonchev–Trinajstić information content (AvgIpc) is 3.03. The predicted octanol–water partition coefficient (Wildman–Crippen LogP) is 3.59. The molecule has 0 N–H and O–H groups in total. The molecule has 0 radical (unpaired) electrons. The third kappa shape index (κ3) is 2.64. The van der Waals surface area contributed by atoms with Crippen molar-refractivity contribution in [1.29, 1.82) is 0 Å². The fraction of sp³-hybridized carbons (Fsp3) is 0.333. The van der Waals surface area contributed by atoms with Gasteiger partial charge in [0.2, 0.25) is 0 Å². The second-order valence-electron chi connectivity index (χ2n) is 4.77. The standard InChI is InChI=1S/C15H16ClN3OS2/c1-3-19-13(20)12(22-15(19)17-9-8-16)14-18(2)10-6-4-5-7-11(10)21-14/h4-7H,3,8-9H2,1-2H3. The average molecular weight is 354 g/mol. The SMILES string of the molecule is CCN1C(=O)C(=C2Sc3ccccc3N2C)SC1=NCCCl. The van der Waals surface area contributed by atoms with E-state index in [9.17, 15) is 4.79 Å². The number of carbonyl (C=O) groups is 1. The van der Waals surface area contributed by atoms with Crippen LogP contribution in [0.1, 0.15) is 6.92 Å². The van der Waals surface area contributed by atoms with E-state index in [-0.39, 0.29) is 5.91 Å². The van der Waals surface area contributed by atoms with E-state index >= 15 is 0 Å². The molecule has 2 heterocycles. The number of carbonyl (C=O) groups excluding carboxylic acids is 1. The minimum absolute atomic E-state index is 0.0305. The van der Waals surface area contributed by atoms with Crippen LogP contribution in [-0.4, -0.2) is 42.0 Å². The highest BCUT2D eigenvalue weighted by molar-refractivity contribution is 8.19. The smallest absolute Gasteiger partial charge is 0.269 e. The van der Waals surface area contributed by atoms with Crippen molar-refractivity contribution in [3.05, 3.63) is 34.2 Å². The number of hydrogen-bond donors (Lipinski definition) is 0. The van der Waals surface area contributed by atoms with E-state index in [2.05, 4.69) is 22.0 Å². The number of nitrogens with zero attached hydrogens (tertiary/aromatic N) is 3. The minimum Gasteiger partial charge on any atom is -0.337 e. The molecule has 116 valence electrons. The summed E-state index contributed by atoms with van der Waals surface area (Å²) in [7, 11) is 2.00. The lowest BCUT2D eigenvalue weighted by molar-refractivity contribution is -0.122. The number of anilines is 1. The van der Waals surface area contributed by atoms with Gasteiger partial charge in [-0.25, -0.2) is 0 Å². The highest BCUT2D eigenvalue weighted by atomic mass is 35.5. The highest BCUT2D eigenvalue weighted by Crippen LogP contribution is 2.49. The van der Waals surface area contributed by atoms with Gasteiger partial charge in [0.1, 0.15) is 4.91 Å². The van der Waals surface area contributed by atoms with Crippen molar-refractivity contribution in [2.24, 2.45) is 4.99 Å². The van der Waals surface area contributed by atoms with E-state index in [1.165, 1.54) is 16.7 Å². The van der Waals surface area contributed by atoms with Gasteiger partial charge in [-0.1, -0.05) is 23.9 Å². The van der Waals surface area contributed by atoms with Gasteiger partial charge >= 0.3 is 0 Å². The number of fused-ring (bicyclic) bond motifs is 1. The van der Waals surface area contributed by atoms with Crippen molar-refractivity contribution in [3.8, 4) is 0 Å². The van der Waals surface area contributed by atoms with Gasteiger partial charge < -0.3 is 4.90 Å². The summed E-state index contributed by atoms with van der Waals surface area (Å²) in [6.45, 7) is 3.10. The van der Waals surface area contributed by atoms with Crippen LogP contribution in [0.2, 0.25) is 0 Å². The number of rotatable bonds is 3. The molecule has 1 amide bonds. The fourth-order valence-electron chi connectivity index (χ4n) is 2.37. The Labute approximate surface area is 143 Å². The van der Waals surface area contributed by atoms with Gasteiger partial charge in [-0.2, -0.15) is 0 Å². The quantitative estimate of drug-likeness (QED) is 0.614. The Morgan fingerprint density at radius 1 is 1.27 bits per heavy atom. The van der Waals surface area contributed by atoms with Crippen LogP contribution < -0.4 is 4.90 Å². The number of aliphatic imine (C=N–C) groups is 1. The first-order valence-corrected chi connectivity index (χ1v) is 9.19. The second kappa shape index (κ2) is 6.56. The molecule has 0 aliphatic carbocycles. The predicted molar refractivity (Wildman–Crippen MR) is 95.7 cm³/mol. The van der Waals surface area contributed by atoms with Gasteiger partial charge in [0.15, 0.2) is 5.17 Å². The number of amides is 1. The van der Waals surface area contributed by atoms with Gasteiger partial charge in [-0.05, 0) is 30.8 Å². The Hall–Kier alpha value is -1.11. The van der Waals surface area contributed by atoms with Crippen LogP contribution in [0.3, 0.4) is 0 Å². The number of alkyl halides is 1. The molecule has 1 aromatic carbocycles. The number of thioether (sulfide) groups is 2. The van der Waals surface area contributed by atoms with E-state index in [1.54, 1.807) is 16.7 Å². The van der Waals surface area contributed by atoms with E-state index < -0.39 is 0 Å². The maximum absolute atomic E-state index is 12.7. The normalized spacial score (nSPS) is 22.9. The monoisotopic (exact) mass is 353 g/mol. The summed E-state index contributed by atoms with van der Waals surface area (Å²) >= 11 is 8.80. The third-order valence-electron chi connectivity index (χ3n) is 3.44. The van der Waals surface area contributed by atoms with E-state index in [0.29, 0.717) is 19.0 Å². The number of para-hydroxylation sites is 1. The number of likely N-dealkylation sites (N-methyl/N-ethyl adjacent to an activating group) is 1. The van der Waals surface area contributed by atoms with Gasteiger partial charge in [0.05, 0.1) is 17.3 Å². The van der Waals surface area contributed by atoms with Crippen LogP contribution in [0, 0.1) is 0 Å². The Morgan fingerprint density at radius 2 is 2.05 bits per heavy atom. The molecule has 0 saturated carbocycles. The summed E-state index contributed by atoms with van der Waals surface area (Å²) in [6, 6.07) is 8.18. The Morgan fingerprint density at radius 3 is 2.73 bits per heavy atom. The number of hydrogen-bond acceptors (Lipinski definition) is 5. The van der Waals surface area contributed by atoms with Gasteiger partial charge in [0, 0.05) is 24.4 Å². The van der Waals surface area contributed by atoms with Crippen LogP contribution in [0.25, 0.3) is 0 Å². The van der Waals surface area contributed by atoms with Crippen molar-refractivity contribution in [2.75, 3.05) is 30.9 Å². The van der Waals surface area contributed by atoms with Gasteiger partial charge in [-0.15, -0.1) is 11.6 Å². The molecular formula is C15H16ClN3OS2. The molecule has 1 fully saturated rings. The molecule has 1 aromatic rings. The maximum Gasteiger partial charge on any atom is 0.269 e. The van der Waals surface area contributed by atoms with Crippen molar-refractivity contribution < 1.29 is 4.79 Å². The summed E-state index contributed by atoms with van der Waals surface area (Å²) in [5, 5.41) is 1.73. The minimum atomic E-state index is 0.0305. The first-order valence-electron chi connectivity index (χ1n) is 7.02. The Balaban J connectivity index is 1.97. The molecule has 0 unspecified atom stereocenters. The molecule has 2 aliphatic heterocycles. The topological polar surface area (TPSA) is 35.9 Å². The lowest BCUT2D eigenvalue weighted by atomic mass is 10.3. The zero-order valence-electron chi connectivity index (χ0n) is 12.4. The van der Waals surface area contributed by atoms with Crippen molar-refractivity contribution in [3.63, 3.8) is 0 Å². The molecule has 4 nitrogen and oxygen atoms in total. The van der Waals surface area contributed by atoms with Gasteiger partial charge in [-0.3, -0.25) is 14.7 Å². The maximum atomic E-state index is 12.7. The van der Waals surface area contributed by atoms with E-state index in [4.69, 9.17) is 11.6 Å². The molecule has 0 aromatic heterocycles. The zero-order chi connectivity index (χ0) is 15.7. The van der Waals surface area contributed by atoms with Crippen molar-refractivity contribution in [1.82, 2.24) is 4.90 Å². The summed E-state index contributed by atoms with van der Waals surface area (Å²) in [5.41, 5.74) is 1.14. The Bertz CT molecular complexity index is 675. The molecule has 3 rings (SSSR count). The summed E-state index contributed by atoms with van der Waals surface area (Å²) < 4.78 is 0. The van der Waals surface area contributed by atoms with Crippen LogP contribution in [0.15, 0.2) is 44.1 Å². The van der Waals surface area contributed by atoms with Gasteiger partial charge in [0.25, 0.3) is 5.91 Å². The molecule has 7 heteroatoms. The first-order chi connectivity index (χ1) is 10.7. The number of amidine groups is 1. The molecule has 0 bridgehead atoms. The lowest BCUT2D eigenvalue weighted by Gasteiger charge is -2.15. The molecular weight excluding hydrogens is 338 g/mol. The van der Waals surface area contributed by atoms with Crippen molar-refractivity contribution >= 4 is 51.9 Å². The number of halogens is 1. The van der Waals surface area contributed by atoms with Crippen LogP contribution in [-0.2, 0) is 4.79 Å².